The van der Waals surface area contributed by atoms with Crippen LogP contribution >= 0.6 is 11.8 Å². The fourth-order valence-corrected chi connectivity index (χ4v) is 3.71. The van der Waals surface area contributed by atoms with E-state index in [4.69, 9.17) is 0 Å². The molecule has 0 radical (unpaired) electrons. The summed E-state index contributed by atoms with van der Waals surface area (Å²) < 4.78 is 0.475. The fraction of sp³-hybridized carbons (Fsp3) is 1.00. The van der Waals surface area contributed by atoms with Gasteiger partial charge in [-0.05, 0) is 32.4 Å². The minimum Gasteiger partial charge on any atom is -0.315 e. The molecule has 1 atom stereocenters. The van der Waals surface area contributed by atoms with E-state index in [-0.39, 0.29) is 0 Å². The van der Waals surface area contributed by atoms with Crippen LogP contribution in [-0.2, 0) is 0 Å². The normalized spacial score (nSPS) is 22.7. The molecule has 0 bridgehead atoms. The van der Waals surface area contributed by atoms with Gasteiger partial charge in [0.25, 0.3) is 0 Å². The van der Waals surface area contributed by atoms with Crippen molar-refractivity contribution in [2.24, 2.45) is 0 Å². The lowest BCUT2D eigenvalue weighted by Crippen LogP contribution is -2.43. The molecule has 18 heavy (non-hydrogen) atoms. The molecule has 0 amide bonds. The van der Waals surface area contributed by atoms with Crippen molar-refractivity contribution < 1.29 is 0 Å². The highest BCUT2D eigenvalue weighted by atomic mass is 32.2. The van der Waals surface area contributed by atoms with E-state index in [2.05, 4.69) is 49.7 Å². The minimum absolute atomic E-state index is 0.475. The largest absolute Gasteiger partial charge is 0.315 e. The van der Waals surface area contributed by atoms with Crippen LogP contribution in [0.2, 0.25) is 0 Å². The fourth-order valence-electron chi connectivity index (χ4n) is 2.59. The molecule has 0 aliphatic carbocycles. The van der Waals surface area contributed by atoms with Crippen LogP contribution in [0.1, 0.15) is 53.4 Å². The van der Waals surface area contributed by atoms with Crippen molar-refractivity contribution in [3.05, 3.63) is 0 Å². The summed E-state index contributed by atoms with van der Waals surface area (Å²) in [5.74, 6) is 1.29. The quantitative estimate of drug-likeness (QED) is 0.715. The highest BCUT2D eigenvalue weighted by Crippen LogP contribution is 2.31. The molecule has 1 N–H and O–H groups in total. The van der Waals surface area contributed by atoms with E-state index >= 15 is 0 Å². The third kappa shape index (κ3) is 5.94. The highest BCUT2D eigenvalue weighted by molar-refractivity contribution is 8.00. The number of nitrogens with one attached hydrogen (secondary N) is 1. The maximum Gasteiger partial charge on any atom is 0.0220 e. The zero-order chi connectivity index (χ0) is 13.4. The summed E-state index contributed by atoms with van der Waals surface area (Å²) in [6.45, 7) is 14.2. The van der Waals surface area contributed by atoms with Gasteiger partial charge in [0.2, 0.25) is 0 Å². The lowest BCUT2D eigenvalue weighted by Gasteiger charge is -2.31. The number of nitrogens with zero attached hydrogens (tertiary/aromatic N) is 1. The number of hydrogen-bond acceptors (Lipinski definition) is 3. The van der Waals surface area contributed by atoms with Crippen LogP contribution in [0.25, 0.3) is 0 Å². The minimum atomic E-state index is 0.475. The van der Waals surface area contributed by atoms with Gasteiger partial charge in [-0.2, -0.15) is 11.8 Å². The Morgan fingerprint density at radius 2 is 2.00 bits per heavy atom. The predicted molar refractivity (Wildman–Crippen MR) is 84.6 cm³/mol. The van der Waals surface area contributed by atoms with E-state index in [1.807, 2.05) is 0 Å². The monoisotopic (exact) mass is 272 g/mol. The van der Waals surface area contributed by atoms with Crippen LogP contribution in [-0.4, -0.2) is 47.6 Å². The van der Waals surface area contributed by atoms with Crippen molar-refractivity contribution >= 4 is 11.8 Å². The van der Waals surface area contributed by atoms with Crippen molar-refractivity contribution in [2.75, 3.05) is 31.9 Å². The van der Waals surface area contributed by atoms with E-state index in [1.54, 1.807) is 0 Å². The Kier molecular flexibility index (Phi) is 7.66. The molecule has 1 rings (SSSR count). The summed E-state index contributed by atoms with van der Waals surface area (Å²) in [7, 11) is 0. The molecule has 0 aromatic carbocycles. The summed E-state index contributed by atoms with van der Waals surface area (Å²) in [6.07, 6.45) is 5.20. The average molecular weight is 273 g/mol. The topological polar surface area (TPSA) is 15.3 Å². The Morgan fingerprint density at radius 1 is 1.22 bits per heavy atom. The van der Waals surface area contributed by atoms with Crippen LogP contribution in [0, 0.1) is 0 Å². The van der Waals surface area contributed by atoms with Gasteiger partial charge in [0.15, 0.2) is 0 Å². The number of rotatable bonds is 7. The number of thioether (sulfide) groups is 1. The third-order valence-electron chi connectivity index (χ3n) is 3.82. The first-order valence-corrected chi connectivity index (χ1v) is 8.66. The summed E-state index contributed by atoms with van der Waals surface area (Å²) >= 11 is 2.15. The molecule has 1 fully saturated rings. The standard InChI is InChI=1S/C15H32N2S/c1-5-7-14(13-16-9-6-2)17-10-8-15(3,4)18-12-11-17/h14,16H,5-13H2,1-4H3. The molecule has 0 saturated carbocycles. The lowest BCUT2D eigenvalue weighted by molar-refractivity contribution is 0.189. The summed E-state index contributed by atoms with van der Waals surface area (Å²) in [6, 6.07) is 0.746. The first-order chi connectivity index (χ1) is 8.59. The van der Waals surface area contributed by atoms with Gasteiger partial charge in [0.1, 0.15) is 0 Å². The molecular weight excluding hydrogens is 240 g/mol. The van der Waals surface area contributed by atoms with E-state index in [1.165, 1.54) is 51.1 Å². The Bertz CT molecular complexity index is 219. The Hall–Kier alpha value is 0.270. The first-order valence-electron chi connectivity index (χ1n) is 7.67. The van der Waals surface area contributed by atoms with Crippen LogP contribution in [0.15, 0.2) is 0 Å². The smallest absolute Gasteiger partial charge is 0.0220 e. The van der Waals surface area contributed by atoms with Gasteiger partial charge in [-0.3, -0.25) is 4.90 Å². The number of hydrogen-bond donors (Lipinski definition) is 1. The van der Waals surface area contributed by atoms with Gasteiger partial charge < -0.3 is 5.32 Å². The zero-order valence-corrected chi connectivity index (χ0v) is 13.6. The van der Waals surface area contributed by atoms with Crippen LogP contribution < -0.4 is 5.32 Å². The van der Waals surface area contributed by atoms with Crippen LogP contribution in [0.3, 0.4) is 0 Å². The van der Waals surface area contributed by atoms with Crippen molar-refractivity contribution in [2.45, 2.75) is 64.2 Å². The van der Waals surface area contributed by atoms with Gasteiger partial charge in [-0.25, -0.2) is 0 Å². The van der Waals surface area contributed by atoms with Gasteiger partial charge in [-0.15, -0.1) is 0 Å². The Labute approximate surface area is 118 Å². The van der Waals surface area contributed by atoms with E-state index in [0.717, 1.165) is 12.6 Å². The zero-order valence-electron chi connectivity index (χ0n) is 12.8. The maximum atomic E-state index is 3.61. The van der Waals surface area contributed by atoms with E-state index in [0.29, 0.717) is 4.75 Å². The summed E-state index contributed by atoms with van der Waals surface area (Å²) in [4.78, 5) is 2.73. The van der Waals surface area contributed by atoms with Gasteiger partial charge >= 0.3 is 0 Å². The Morgan fingerprint density at radius 3 is 2.67 bits per heavy atom. The molecule has 0 aromatic rings. The summed E-state index contributed by atoms with van der Waals surface area (Å²) in [5, 5.41) is 3.61. The lowest BCUT2D eigenvalue weighted by atomic mass is 10.1. The summed E-state index contributed by atoms with van der Waals surface area (Å²) in [5.41, 5.74) is 0. The maximum absolute atomic E-state index is 3.61. The van der Waals surface area contributed by atoms with Crippen molar-refractivity contribution in [1.82, 2.24) is 10.2 Å². The second-order valence-electron chi connectivity index (χ2n) is 6.04. The molecule has 108 valence electrons. The molecule has 0 spiro atoms. The predicted octanol–water partition coefficient (Wildman–Crippen LogP) is 3.37. The second-order valence-corrected chi connectivity index (χ2v) is 7.84. The van der Waals surface area contributed by atoms with Crippen molar-refractivity contribution in [1.29, 1.82) is 0 Å². The Balaban J connectivity index is 2.45. The highest BCUT2D eigenvalue weighted by Gasteiger charge is 2.26. The second kappa shape index (κ2) is 8.44. The van der Waals surface area contributed by atoms with Gasteiger partial charge in [-0.1, -0.05) is 34.1 Å². The molecule has 1 aliphatic heterocycles. The molecule has 2 nitrogen and oxygen atoms in total. The van der Waals surface area contributed by atoms with Crippen LogP contribution in [0.4, 0.5) is 0 Å². The molecular formula is C15H32N2S. The van der Waals surface area contributed by atoms with Crippen molar-refractivity contribution in [3.63, 3.8) is 0 Å². The van der Waals surface area contributed by atoms with Gasteiger partial charge in [0, 0.05) is 29.6 Å². The molecule has 3 heteroatoms. The van der Waals surface area contributed by atoms with Crippen LogP contribution in [0.5, 0.6) is 0 Å². The molecule has 1 aliphatic rings. The van der Waals surface area contributed by atoms with E-state index in [9.17, 15) is 0 Å². The molecule has 1 saturated heterocycles. The SMILES string of the molecule is CCCNCC(CCC)N1CCSC(C)(C)CC1. The average Bonchev–Trinajstić information content (AvgIpc) is 2.49. The molecule has 1 unspecified atom stereocenters. The molecule has 1 heterocycles. The molecule has 0 aromatic heterocycles. The van der Waals surface area contributed by atoms with Gasteiger partial charge in [0.05, 0.1) is 0 Å². The van der Waals surface area contributed by atoms with E-state index < -0.39 is 0 Å². The third-order valence-corrected chi connectivity index (χ3v) is 5.19. The van der Waals surface area contributed by atoms with Crippen molar-refractivity contribution in [3.8, 4) is 0 Å². The first kappa shape index (κ1) is 16.3.